The van der Waals surface area contributed by atoms with Crippen molar-refractivity contribution < 1.29 is 9.59 Å². The Morgan fingerprint density at radius 2 is 1.71 bits per heavy atom. The molecule has 0 radical (unpaired) electrons. The van der Waals surface area contributed by atoms with Crippen LogP contribution in [0.5, 0.6) is 0 Å². The van der Waals surface area contributed by atoms with Crippen LogP contribution in [0.4, 0.5) is 0 Å². The number of nitrogens with one attached hydrogen (secondary N) is 1. The molecule has 1 saturated heterocycles. The third-order valence-electron chi connectivity index (χ3n) is 6.45. The van der Waals surface area contributed by atoms with Gasteiger partial charge in [-0.15, -0.1) is 0 Å². The van der Waals surface area contributed by atoms with Crippen LogP contribution < -0.4 is 5.32 Å². The smallest absolute Gasteiger partial charge is 0.222 e. The van der Waals surface area contributed by atoms with Crippen LogP contribution in [0.3, 0.4) is 0 Å². The van der Waals surface area contributed by atoms with Crippen molar-refractivity contribution in [1.29, 1.82) is 0 Å². The summed E-state index contributed by atoms with van der Waals surface area (Å²) in [6.45, 7) is 4.44. The largest absolute Gasteiger partial charge is 0.356 e. The lowest BCUT2D eigenvalue weighted by atomic mass is 9.86. The summed E-state index contributed by atoms with van der Waals surface area (Å²) in [6, 6.07) is 8.44. The minimum atomic E-state index is 0.152. The highest BCUT2D eigenvalue weighted by molar-refractivity contribution is 5.77. The van der Waals surface area contributed by atoms with Gasteiger partial charge in [0.05, 0.1) is 0 Å². The van der Waals surface area contributed by atoms with Crippen LogP contribution in [0.15, 0.2) is 24.3 Å². The Morgan fingerprint density at radius 1 is 1.00 bits per heavy atom. The van der Waals surface area contributed by atoms with Crippen LogP contribution in [-0.2, 0) is 16.0 Å². The normalized spacial score (nSPS) is 18.8. The second kappa shape index (κ2) is 10.6. The molecule has 0 spiro atoms. The maximum atomic E-state index is 12.5. The molecule has 3 rings (SSSR count). The molecule has 1 saturated carbocycles. The highest BCUT2D eigenvalue weighted by Gasteiger charge is 2.26. The average Bonchev–Trinajstić information content (AvgIpc) is 2.69. The van der Waals surface area contributed by atoms with Crippen LogP contribution in [-0.4, -0.2) is 36.3 Å². The Hall–Kier alpha value is -1.84. The van der Waals surface area contributed by atoms with Gasteiger partial charge in [0.1, 0.15) is 0 Å². The van der Waals surface area contributed by atoms with Crippen molar-refractivity contribution in [3.8, 4) is 0 Å². The second-order valence-corrected chi connectivity index (χ2v) is 8.83. The first kappa shape index (κ1) is 20.9. The molecular weight excluding hydrogens is 348 g/mol. The number of carbonyl (C=O) groups excluding carboxylic acids is 2. The third kappa shape index (κ3) is 6.65. The highest BCUT2D eigenvalue weighted by Crippen LogP contribution is 2.28. The van der Waals surface area contributed by atoms with Gasteiger partial charge in [-0.25, -0.2) is 0 Å². The molecule has 0 unspecified atom stereocenters. The van der Waals surface area contributed by atoms with E-state index in [1.54, 1.807) is 0 Å². The first-order chi connectivity index (χ1) is 13.6. The first-order valence-electron chi connectivity index (χ1n) is 11.2. The van der Waals surface area contributed by atoms with Gasteiger partial charge in [-0.1, -0.05) is 49.1 Å². The van der Waals surface area contributed by atoms with Crippen molar-refractivity contribution in [2.45, 2.75) is 71.1 Å². The van der Waals surface area contributed by atoms with E-state index in [1.165, 1.54) is 43.2 Å². The van der Waals surface area contributed by atoms with Crippen LogP contribution in [0.1, 0.15) is 68.9 Å². The predicted octanol–water partition coefficient (Wildman–Crippen LogP) is 4.25. The van der Waals surface area contributed by atoms with Gasteiger partial charge in [-0.3, -0.25) is 9.59 Å². The van der Waals surface area contributed by atoms with Gasteiger partial charge in [0, 0.05) is 32.5 Å². The van der Waals surface area contributed by atoms with Gasteiger partial charge in [0.15, 0.2) is 0 Å². The number of likely N-dealkylation sites (tertiary alicyclic amines) is 1. The molecule has 1 heterocycles. The lowest BCUT2D eigenvalue weighted by molar-refractivity contribution is -0.134. The fourth-order valence-corrected chi connectivity index (χ4v) is 4.70. The number of amides is 2. The molecule has 0 aromatic heterocycles. The number of nitrogens with zero attached hydrogens (tertiary/aromatic N) is 1. The minimum absolute atomic E-state index is 0.152. The molecule has 2 fully saturated rings. The molecule has 154 valence electrons. The summed E-state index contributed by atoms with van der Waals surface area (Å²) in [7, 11) is 0. The summed E-state index contributed by atoms with van der Waals surface area (Å²) < 4.78 is 0. The van der Waals surface area contributed by atoms with Gasteiger partial charge >= 0.3 is 0 Å². The molecule has 1 aliphatic carbocycles. The van der Waals surface area contributed by atoms with E-state index < -0.39 is 0 Å². The fraction of sp³-hybridized carbons (Fsp3) is 0.667. The van der Waals surface area contributed by atoms with E-state index in [9.17, 15) is 9.59 Å². The molecule has 1 N–H and O–H groups in total. The van der Waals surface area contributed by atoms with E-state index in [1.807, 2.05) is 4.90 Å². The molecular formula is C24H36N2O2. The number of hydrogen-bond donors (Lipinski definition) is 1. The van der Waals surface area contributed by atoms with Crippen LogP contribution in [0.2, 0.25) is 0 Å². The van der Waals surface area contributed by atoms with Gasteiger partial charge in [-0.05, 0) is 56.4 Å². The Balaban J connectivity index is 1.31. The topological polar surface area (TPSA) is 49.4 Å². The summed E-state index contributed by atoms with van der Waals surface area (Å²) in [4.78, 5) is 26.8. The van der Waals surface area contributed by atoms with Crippen molar-refractivity contribution in [1.82, 2.24) is 10.2 Å². The van der Waals surface area contributed by atoms with Crippen molar-refractivity contribution in [3.63, 3.8) is 0 Å². The molecule has 28 heavy (non-hydrogen) atoms. The summed E-state index contributed by atoms with van der Waals surface area (Å²) in [5, 5.41) is 3.07. The molecule has 2 aliphatic rings. The van der Waals surface area contributed by atoms with E-state index in [0.29, 0.717) is 30.7 Å². The molecule has 4 nitrogen and oxygen atoms in total. The number of benzene rings is 1. The molecule has 1 aliphatic heterocycles. The third-order valence-corrected chi connectivity index (χ3v) is 6.45. The standard InChI is InChI=1S/C24H36N2O2/c1-19-6-5-9-21(16-19)10-13-25-23(27)17-22-11-14-26(15-12-22)24(28)18-20-7-3-2-4-8-20/h5-6,9,16,20,22H,2-4,7-8,10-15,17-18H2,1H3,(H,25,27). The number of hydrogen-bond acceptors (Lipinski definition) is 2. The molecule has 1 aromatic rings. The van der Waals surface area contributed by atoms with Crippen LogP contribution in [0.25, 0.3) is 0 Å². The summed E-state index contributed by atoms with van der Waals surface area (Å²) in [5.74, 6) is 1.52. The summed E-state index contributed by atoms with van der Waals surface area (Å²) in [5.41, 5.74) is 2.53. The first-order valence-corrected chi connectivity index (χ1v) is 11.2. The lowest BCUT2D eigenvalue weighted by Crippen LogP contribution is -2.40. The molecule has 4 heteroatoms. The van der Waals surface area contributed by atoms with E-state index in [-0.39, 0.29) is 5.91 Å². The maximum Gasteiger partial charge on any atom is 0.222 e. The zero-order chi connectivity index (χ0) is 19.8. The van der Waals surface area contributed by atoms with Crippen molar-refractivity contribution in [3.05, 3.63) is 35.4 Å². The zero-order valence-electron chi connectivity index (χ0n) is 17.4. The number of piperidine rings is 1. The van der Waals surface area contributed by atoms with Gasteiger partial charge in [0.2, 0.25) is 11.8 Å². The monoisotopic (exact) mass is 384 g/mol. The Morgan fingerprint density at radius 3 is 2.43 bits per heavy atom. The van der Waals surface area contributed by atoms with Crippen LogP contribution >= 0.6 is 0 Å². The second-order valence-electron chi connectivity index (χ2n) is 8.83. The van der Waals surface area contributed by atoms with E-state index in [2.05, 4.69) is 36.5 Å². The van der Waals surface area contributed by atoms with E-state index in [0.717, 1.165) is 38.8 Å². The van der Waals surface area contributed by atoms with E-state index in [4.69, 9.17) is 0 Å². The molecule has 0 bridgehead atoms. The molecule has 0 atom stereocenters. The zero-order valence-corrected chi connectivity index (χ0v) is 17.4. The van der Waals surface area contributed by atoms with Crippen molar-refractivity contribution in [2.75, 3.05) is 19.6 Å². The Kier molecular flexibility index (Phi) is 7.93. The highest BCUT2D eigenvalue weighted by atomic mass is 16.2. The predicted molar refractivity (Wildman–Crippen MR) is 113 cm³/mol. The van der Waals surface area contributed by atoms with Gasteiger partial charge < -0.3 is 10.2 Å². The number of carbonyl (C=O) groups is 2. The average molecular weight is 385 g/mol. The van der Waals surface area contributed by atoms with Crippen LogP contribution in [0, 0.1) is 18.8 Å². The van der Waals surface area contributed by atoms with E-state index >= 15 is 0 Å². The van der Waals surface area contributed by atoms with Crippen molar-refractivity contribution >= 4 is 11.8 Å². The number of aryl methyl sites for hydroxylation is 1. The summed E-state index contributed by atoms with van der Waals surface area (Å²) in [6.07, 6.45) is 10.5. The Bertz CT molecular complexity index is 644. The fourth-order valence-electron chi connectivity index (χ4n) is 4.70. The maximum absolute atomic E-state index is 12.5. The summed E-state index contributed by atoms with van der Waals surface area (Å²) >= 11 is 0. The SMILES string of the molecule is Cc1cccc(CCNC(=O)CC2CCN(C(=O)CC3CCCCC3)CC2)c1. The van der Waals surface area contributed by atoms with Crippen molar-refractivity contribution in [2.24, 2.45) is 11.8 Å². The molecule has 2 amide bonds. The quantitative estimate of drug-likeness (QED) is 0.764. The molecule has 1 aromatic carbocycles. The lowest BCUT2D eigenvalue weighted by Gasteiger charge is -2.33. The number of rotatable bonds is 7. The van der Waals surface area contributed by atoms with Gasteiger partial charge in [0.25, 0.3) is 0 Å². The minimum Gasteiger partial charge on any atom is -0.356 e. The Labute approximate surface area is 170 Å². The van der Waals surface area contributed by atoms with Gasteiger partial charge in [-0.2, -0.15) is 0 Å².